The largest absolute Gasteiger partial charge is 0.388 e. The molecule has 1 aliphatic rings. The first kappa shape index (κ1) is 21.3. The normalized spacial score (nSPS) is 13.6. The molecule has 3 rings (SSSR count). The summed E-state index contributed by atoms with van der Waals surface area (Å²) >= 11 is 0. The van der Waals surface area contributed by atoms with Crippen LogP contribution in [-0.2, 0) is 22.7 Å². The summed E-state index contributed by atoms with van der Waals surface area (Å²) in [7, 11) is 3.27. The number of nitrogens with one attached hydrogen (secondary N) is 3. The van der Waals surface area contributed by atoms with Gasteiger partial charge in [-0.25, -0.2) is 4.39 Å². The van der Waals surface area contributed by atoms with Crippen LogP contribution in [0.2, 0.25) is 0 Å². The van der Waals surface area contributed by atoms with Gasteiger partial charge in [-0.1, -0.05) is 6.07 Å². The molecule has 0 aliphatic carbocycles. The number of rotatable bonds is 9. The number of anilines is 2. The van der Waals surface area contributed by atoms with Gasteiger partial charge in [0.15, 0.2) is 0 Å². The summed E-state index contributed by atoms with van der Waals surface area (Å²) in [6, 6.07) is 9.37. The van der Waals surface area contributed by atoms with Crippen LogP contribution in [0.3, 0.4) is 0 Å². The number of carbonyl (C=O) groups excluding carboxylic acids is 3. The molecule has 8 heteroatoms. The van der Waals surface area contributed by atoms with E-state index in [2.05, 4.69) is 16.0 Å². The lowest BCUT2D eigenvalue weighted by atomic mass is 10.1. The molecule has 0 spiro atoms. The van der Waals surface area contributed by atoms with Crippen molar-refractivity contribution in [3.05, 3.63) is 58.9 Å². The number of aldehydes is 1. The highest BCUT2D eigenvalue weighted by Gasteiger charge is 2.36. The van der Waals surface area contributed by atoms with Crippen LogP contribution in [0.25, 0.3) is 0 Å². The van der Waals surface area contributed by atoms with E-state index in [1.165, 1.54) is 18.0 Å². The van der Waals surface area contributed by atoms with Crippen molar-refractivity contribution in [2.45, 2.75) is 32.0 Å². The lowest BCUT2D eigenvalue weighted by molar-refractivity contribution is -0.125. The average Bonchev–Trinajstić information content (AvgIpc) is 3.10. The van der Waals surface area contributed by atoms with Crippen LogP contribution in [0.15, 0.2) is 36.4 Å². The van der Waals surface area contributed by atoms with E-state index >= 15 is 0 Å². The maximum atomic E-state index is 14.2. The summed E-state index contributed by atoms with van der Waals surface area (Å²) in [6.07, 6.45) is 1.18. The Balaban J connectivity index is 1.82. The number of nitrogens with zero attached hydrogens (tertiary/aromatic N) is 1. The van der Waals surface area contributed by atoms with Crippen molar-refractivity contribution in [2.75, 3.05) is 24.7 Å². The fourth-order valence-electron chi connectivity index (χ4n) is 3.65. The molecular weight excluding hydrogens is 387 g/mol. The van der Waals surface area contributed by atoms with Crippen molar-refractivity contribution >= 4 is 29.5 Å². The van der Waals surface area contributed by atoms with E-state index in [0.717, 1.165) is 17.5 Å². The molecule has 158 valence electrons. The molecule has 3 N–H and O–H groups in total. The molecular formula is C22H25FN4O3. The lowest BCUT2D eigenvalue weighted by Crippen LogP contribution is -2.46. The van der Waals surface area contributed by atoms with E-state index in [0.29, 0.717) is 16.8 Å². The number of benzene rings is 2. The Labute approximate surface area is 174 Å². The second-order valence-corrected chi connectivity index (χ2v) is 7.05. The Kier molecular flexibility index (Phi) is 6.66. The minimum atomic E-state index is -0.724. The fraction of sp³-hybridized carbons (Fsp3) is 0.318. The molecule has 7 nitrogen and oxygen atoms in total. The van der Waals surface area contributed by atoms with Gasteiger partial charge in [0.2, 0.25) is 5.91 Å². The van der Waals surface area contributed by atoms with Gasteiger partial charge in [0.1, 0.15) is 18.1 Å². The first-order valence-electron chi connectivity index (χ1n) is 9.78. The van der Waals surface area contributed by atoms with Gasteiger partial charge >= 0.3 is 0 Å². The summed E-state index contributed by atoms with van der Waals surface area (Å²) in [5.74, 6) is -0.879. The van der Waals surface area contributed by atoms with E-state index < -0.39 is 6.04 Å². The topological polar surface area (TPSA) is 90.5 Å². The zero-order valence-electron chi connectivity index (χ0n) is 17.0. The number of hydrogen-bond donors (Lipinski definition) is 3. The van der Waals surface area contributed by atoms with Crippen molar-refractivity contribution in [1.82, 2.24) is 10.2 Å². The molecule has 0 radical (unpaired) electrons. The molecule has 2 aromatic carbocycles. The van der Waals surface area contributed by atoms with E-state index in [1.54, 1.807) is 31.3 Å². The monoisotopic (exact) mass is 412 g/mol. The first-order valence-corrected chi connectivity index (χ1v) is 9.78. The van der Waals surface area contributed by atoms with Crippen LogP contribution in [-0.4, -0.2) is 43.1 Å². The van der Waals surface area contributed by atoms with Gasteiger partial charge in [-0.2, -0.15) is 0 Å². The predicted octanol–water partition coefficient (Wildman–Crippen LogP) is 2.53. The molecule has 0 bridgehead atoms. The molecule has 0 saturated heterocycles. The number of amides is 2. The third kappa shape index (κ3) is 4.27. The molecule has 1 atom stereocenters. The summed E-state index contributed by atoms with van der Waals surface area (Å²) in [4.78, 5) is 37.5. The van der Waals surface area contributed by atoms with Crippen molar-refractivity contribution < 1.29 is 18.8 Å². The van der Waals surface area contributed by atoms with Gasteiger partial charge in [-0.15, -0.1) is 0 Å². The van der Waals surface area contributed by atoms with Crippen LogP contribution in [0.5, 0.6) is 0 Å². The van der Waals surface area contributed by atoms with Crippen molar-refractivity contribution in [2.24, 2.45) is 0 Å². The molecule has 1 unspecified atom stereocenters. The van der Waals surface area contributed by atoms with Gasteiger partial charge in [0, 0.05) is 61.7 Å². The van der Waals surface area contributed by atoms with Crippen LogP contribution in [0.1, 0.15) is 34.3 Å². The second kappa shape index (κ2) is 9.39. The van der Waals surface area contributed by atoms with Crippen LogP contribution < -0.4 is 16.0 Å². The highest BCUT2D eigenvalue weighted by Crippen LogP contribution is 2.32. The van der Waals surface area contributed by atoms with Gasteiger partial charge in [-0.3, -0.25) is 9.59 Å². The smallest absolute Gasteiger partial charge is 0.255 e. The number of carbonyl (C=O) groups is 3. The minimum Gasteiger partial charge on any atom is -0.388 e. The standard InChI is InChI=1S/C22H25FN4O3/c1-24-15-8-9-18(23)14(11-15)12-26-19-6-3-5-16-17(19)13-27(22(16)30)20(7-4-10-28)21(29)25-2/h3,5-6,8-11,20,24,26H,4,7,12-13H2,1-2H3,(H,25,29). The van der Waals surface area contributed by atoms with Crippen LogP contribution in [0, 0.1) is 5.82 Å². The van der Waals surface area contributed by atoms with Crippen molar-refractivity contribution in [3.63, 3.8) is 0 Å². The Morgan fingerprint density at radius 3 is 2.77 bits per heavy atom. The zero-order chi connectivity index (χ0) is 21.7. The zero-order valence-corrected chi connectivity index (χ0v) is 17.0. The minimum absolute atomic E-state index is 0.185. The summed E-state index contributed by atoms with van der Waals surface area (Å²) in [5, 5.41) is 8.76. The summed E-state index contributed by atoms with van der Waals surface area (Å²) in [5.41, 5.74) is 3.27. The number of halogens is 1. The lowest BCUT2D eigenvalue weighted by Gasteiger charge is -2.25. The third-order valence-electron chi connectivity index (χ3n) is 5.28. The SMILES string of the molecule is CNC(=O)C(CCC=O)N1Cc2c(NCc3cc(NC)ccc3F)cccc2C1=O. The van der Waals surface area contributed by atoms with Gasteiger partial charge < -0.3 is 25.6 Å². The Morgan fingerprint density at radius 2 is 2.07 bits per heavy atom. The molecule has 1 heterocycles. The molecule has 2 amide bonds. The Hall–Kier alpha value is -3.42. The molecule has 0 saturated carbocycles. The fourth-order valence-corrected chi connectivity index (χ4v) is 3.65. The van der Waals surface area contributed by atoms with Crippen molar-refractivity contribution in [1.29, 1.82) is 0 Å². The third-order valence-corrected chi connectivity index (χ3v) is 5.28. The number of fused-ring (bicyclic) bond motifs is 1. The van der Waals surface area contributed by atoms with E-state index in [4.69, 9.17) is 0 Å². The predicted molar refractivity (Wildman–Crippen MR) is 113 cm³/mol. The van der Waals surface area contributed by atoms with Crippen LogP contribution >= 0.6 is 0 Å². The average molecular weight is 412 g/mol. The maximum absolute atomic E-state index is 14.2. The number of likely N-dealkylation sites (N-methyl/N-ethyl adjacent to an activating group) is 1. The first-order chi connectivity index (χ1) is 14.5. The molecule has 2 aromatic rings. The number of hydrogen-bond acceptors (Lipinski definition) is 5. The second-order valence-electron chi connectivity index (χ2n) is 7.05. The van der Waals surface area contributed by atoms with E-state index in [9.17, 15) is 18.8 Å². The van der Waals surface area contributed by atoms with Gasteiger partial charge in [-0.05, 0) is 36.8 Å². The molecule has 0 aromatic heterocycles. The molecule has 30 heavy (non-hydrogen) atoms. The Morgan fingerprint density at radius 1 is 1.27 bits per heavy atom. The highest BCUT2D eigenvalue weighted by atomic mass is 19.1. The summed E-state index contributed by atoms with van der Waals surface area (Å²) < 4.78 is 14.2. The van der Waals surface area contributed by atoms with Crippen molar-refractivity contribution in [3.8, 4) is 0 Å². The summed E-state index contributed by atoms with van der Waals surface area (Å²) in [6.45, 7) is 0.489. The molecule has 1 aliphatic heterocycles. The van der Waals surface area contributed by atoms with E-state index in [-0.39, 0.29) is 43.6 Å². The van der Waals surface area contributed by atoms with Gasteiger partial charge in [0.25, 0.3) is 5.91 Å². The van der Waals surface area contributed by atoms with Crippen LogP contribution in [0.4, 0.5) is 15.8 Å². The van der Waals surface area contributed by atoms with E-state index in [1.807, 2.05) is 6.07 Å². The quantitative estimate of drug-likeness (QED) is 0.551. The Bertz CT molecular complexity index is 963. The van der Waals surface area contributed by atoms with Gasteiger partial charge in [0.05, 0.1) is 0 Å². The molecule has 0 fully saturated rings. The highest BCUT2D eigenvalue weighted by molar-refractivity contribution is 6.02. The maximum Gasteiger partial charge on any atom is 0.255 e.